The Balaban J connectivity index is 2.06. The lowest BCUT2D eigenvalue weighted by atomic mass is 10.1. The van der Waals surface area contributed by atoms with Gasteiger partial charge in [-0.2, -0.15) is 0 Å². The first-order chi connectivity index (χ1) is 8.66. The van der Waals surface area contributed by atoms with Crippen LogP contribution < -0.4 is 0 Å². The van der Waals surface area contributed by atoms with E-state index < -0.39 is 6.16 Å². The van der Waals surface area contributed by atoms with Crippen molar-refractivity contribution >= 4 is 11.9 Å². The average Bonchev–Trinajstić information content (AvgIpc) is 2.54. The summed E-state index contributed by atoms with van der Waals surface area (Å²) in [6.45, 7) is 1.25. The van der Waals surface area contributed by atoms with E-state index in [1.165, 1.54) is 0 Å². The molecule has 1 aliphatic heterocycles. The van der Waals surface area contributed by atoms with Crippen LogP contribution >= 0.6 is 0 Å². The van der Waals surface area contributed by atoms with Gasteiger partial charge in [0, 0.05) is 13.0 Å². The minimum atomic E-state index is -1.24. The molecule has 0 radical (unpaired) electrons. The highest BCUT2D eigenvalue weighted by atomic mass is 16.7. The van der Waals surface area contributed by atoms with Gasteiger partial charge in [0.1, 0.15) is 6.10 Å². The summed E-state index contributed by atoms with van der Waals surface area (Å²) in [6, 6.07) is 0. The average molecular weight is 251 g/mol. The van der Waals surface area contributed by atoms with Gasteiger partial charge in [0.2, 0.25) is 0 Å². The molecule has 1 unspecified atom stereocenters. The molecule has 5 nitrogen and oxygen atoms in total. The van der Waals surface area contributed by atoms with Crippen molar-refractivity contribution in [3.63, 3.8) is 0 Å². The lowest BCUT2D eigenvalue weighted by Gasteiger charge is -2.28. The number of rotatable bonds is 2. The third-order valence-electron chi connectivity index (χ3n) is 3.22. The standard InChI is InChI=1S/C13H17NO4/c15-12-7-2-1-6-11(12)14-8-4-3-5-10(9-14)18-13(16)17/h1-2,6,10H,3-5,7-9H2,(H,16,17). The molecular formula is C13H17NO4. The third kappa shape index (κ3) is 3.12. The Bertz CT molecular complexity index is 400. The summed E-state index contributed by atoms with van der Waals surface area (Å²) in [4.78, 5) is 24.4. The first-order valence-electron chi connectivity index (χ1n) is 6.21. The van der Waals surface area contributed by atoms with Crippen LogP contribution in [0.3, 0.4) is 0 Å². The molecule has 0 saturated carbocycles. The Labute approximate surface area is 106 Å². The lowest BCUT2D eigenvalue weighted by molar-refractivity contribution is -0.116. The summed E-state index contributed by atoms with van der Waals surface area (Å²) in [5, 5.41) is 8.67. The van der Waals surface area contributed by atoms with E-state index in [0.29, 0.717) is 18.7 Å². The van der Waals surface area contributed by atoms with Crippen molar-refractivity contribution < 1.29 is 19.4 Å². The van der Waals surface area contributed by atoms with Crippen LogP contribution in [0.1, 0.15) is 25.7 Å². The molecule has 18 heavy (non-hydrogen) atoms. The molecule has 0 spiro atoms. The van der Waals surface area contributed by atoms with E-state index >= 15 is 0 Å². The molecule has 1 aliphatic carbocycles. The number of nitrogens with zero attached hydrogens (tertiary/aromatic N) is 1. The fraction of sp³-hybridized carbons (Fsp3) is 0.538. The number of hydrogen-bond donors (Lipinski definition) is 1. The number of likely N-dealkylation sites (tertiary alicyclic amines) is 1. The highest BCUT2D eigenvalue weighted by Crippen LogP contribution is 2.20. The minimum absolute atomic E-state index is 0.0912. The zero-order valence-electron chi connectivity index (χ0n) is 10.2. The predicted octanol–water partition coefficient (Wildman–Crippen LogP) is 1.95. The molecule has 1 fully saturated rings. The molecule has 1 N–H and O–H groups in total. The van der Waals surface area contributed by atoms with Crippen molar-refractivity contribution in [2.24, 2.45) is 0 Å². The van der Waals surface area contributed by atoms with Crippen LogP contribution in [0.15, 0.2) is 23.9 Å². The molecule has 0 aromatic rings. The molecule has 0 amide bonds. The quantitative estimate of drug-likeness (QED) is 0.760. The van der Waals surface area contributed by atoms with E-state index in [1.54, 1.807) is 6.08 Å². The SMILES string of the molecule is O=C(O)OC1CCCCN(C2=CC=CCC2=O)C1. The number of carboxylic acid groups (broad SMARTS) is 1. The van der Waals surface area contributed by atoms with Gasteiger partial charge in [0.25, 0.3) is 0 Å². The highest BCUT2D eigenvalue weighted by molar-refractivity contribution is 5.97. The van der Waals surface area contributed by atoms with Gasteiger partial charge in [-0.3, -0.25) is 4.79 Å². The molecular weight excluding hydrogens is 234 g/mol. The van der Waals surface area contributed by atoms with Crippen LogP contribution in [-0.2, 0) is 9.53 Å². The van der Waals surface area contributed by atoms with Gasteiger partial charge in [0.15, 0.2) is 5.78 Å². The number of carbonyl (C=O) groups excluding carboxylic acids is 1. The van der Waals surface area contributed by atoms with Crippen molar-refractivity contribution in [1.82, 2.24) is 4.90 Å². The van der Waals surface area contributed by atoms with E-state index in [9.17, 15) is 9.59 Å². The summed E-state index contributed by atoms with van der Waals surface area (Å²) in [7, 11) is 0. The second kappa shape index (κ2) is 5.71. The number of carbonyl (C=O) groups is 2. The second-order valence-corrected chi connectivity index (χ2v) is 4.55. The maximum atomic E-state index is 11.8. The van der Waals surface area contributed by atoms with Crippen molar-refractivity contribution in [3.05, 3.63) is 23.9 Å². The number of ketones is 1. The Kier molecular flexibility index (Phi) is 4.02. The Morgan fingerprint density at radius 3 is 3.00 bits per heavy atom. The number of Topliss-reactive ketones (excluding diaryl/α,β-unsaturated/α-hetero) is 1. The first kappa shape index (κ1) is 12.7. The molecule has 1 heterocycles. The third-order valence-corrected chi connectivity index (χ3v) is 3.22. The van der Waals surface area contributed by atoms with E-state index in [-0.39, 0.29) is 11.9 Å². The summed E-state index contributed by atoms with van der Waals surface area (Å²) < 4.78 is 4.85. The number of allylic oxidation sites excluding steroid dienone is 4. The minimum Gasteiger partial charge on any atom is -0.450 e. The molecule has 1 atom stereocenters. The summed E-state index contributed by atoms with van der Waals surface area (Å²) in [5.74, 6) is 0.0912. The molecule has 1 saturated heterocycles. The zero-order chi connectivity index (χ0) is 13.0. The van der Waals surface area contributed by atoms with Gasteiger partial charge in [0.05, 0.1) is 12.2 Å². The largest absolute Gasteiger partial charge is 0.506 e. The van der Waals surface area contributed by atoms with Crippen LogP contribution in [-0.4, -0.2) is 41.1 Å². The van der Waals surface area contributed by atoms with E-state index in [2.05, 4.69) is 0 Å². The lowest BCUT2D eigenvalue weighted by Crippen LogP contribution is -2.35. The van der Waals surface area contributed by atoms with Gasteiger partial charge < -0.3 is 14.7 Å². The highest BCUT2D eigenvalue weighted by Gasteiger charge is 2.25. The predicted molar refractivity (Wildman–Crippen MR) is 65.2 cm³/mol. The van der Waals surface area contributed by atoms with Gasteiger partial charge >= 0.3 is 6.16 Å². The molecule has 0 aromatic heterocycles. The summed E-state index contributed by atoms with van der Waals surface area (Å²) >= 11 is 0. The van der Waals surface area contributed by atoms with Crippen LogP contribution in [0.25, 0.3) is 0 Å². The van der Waals surface area contributed by atoms with Crippen molar-refractivity contribution in [2.75, 3.05) is 13.1 Å². The molecule has 0 aromatic carbocycles. The molecule has 98 valence electrons. The van der Waals surface area contributed by atoms with Crippen molar-refractivity contribution in [3.8, 4) is 0 Å². The van der Waals surface area contributed by atoms with Gasteiger partial charge in [-0.25, -0.2) is 4.79 Å². The van der Waals surface area contributed by atoms with Gasteiger partial charge in [-0.05, 0) is 25.3 Å². The topological polar surface area (TPSA) is 66.8 Å². The number of ether oxygens (including phenoxy) is 1. The van der Waals surface area contributed by atoms with E-state index in [0.717, 1.165) is 25.8 Å². The maximum Gasteiger partial charge on any atom is 0.506 e. The molecule has 2 rings (SSSR count). The van der Waals surface area contributed by atoms with Gasteiger partial charge in [-0.15, -0.1) is 0 Å². The summed E-state index contributed by atoms with van der Waals surface area (Å²) in [6.07, 6.45) is 6.93. The van der Waals surface area contributed by atoms with Crippen LogP contribution in [0.4, 0.5) is 4.79 Å². The Morgan fingerprint density at radius 1 is 1.44 bits per heavy atom. The maximum absolute atomic E-state index is 11.8. The fourth-order valence-corrected chi connectivity index (χ4v) is 2.37. The van der Waals surface area contributed by atoms with Crippen LogP contribution in [0.5, 0.6) is 0 Å². The zero-order valence-corrected chi connectivity index (χ0v) is 10.2. The molecule has 5 heteroatoms. The van der Waals surface area contributed by atoms with Crippen molar-refractivity contribution in [1.29, 1.82) is 0 Å². The second-order valence-electron chi connectivity index (χ2n) is 4.55. The number of hydrogen-bond acceptors (Lipinski definition) is 4. The Hall–Kier alpha value is -1.78. The van der Waals surface area contributed by atoms with Crippen LogP contribution in [0, 0.1) is 0 Å². The molecule has 2 aliphatic rings. The van der Waals surface area contributed by atoms with E-state index in [4.69, 9.17) is 9.84 Å². The van der Waals surface area contributed by atoms with Crippen LogP contribution in [0.2, 0.25) is 0 Å². The van der Waals surface area contributed by atoms with Crippen molar-refractivity contribution in [2.45, 2.75) is 31.8 Å². The molecule has 0 bridgehead atoms. The smallest absolute Gasteiger partial charge is 0.450 e. The Morgan fingerprint density at radius 2 is 2.28 bits per heavy atom. The monoisotopic (exact) mass is 251 g/mol. The van der Waals surface area contributed by atoms with E-state index in [1.807, 2.05) is 17.1 Å². The normalized spacial score (nSPS) is 24.4. The summed E-state index contributed by atoms with van der Waals surface area (Å²) in [5.41, 5.74) is 0.679. The first-order valence-corrected chi connectivity index (χ1v) is 6.21. The fourth-order valence-electron chi connectivity index (χ4n) is 2.37. The van der Waals surface area contributed by atoms with Gasteiger partial charge in [-0.1, -0.05) is 12.2 Å².